The summed E-state index contributed by atoms with van der Waals surface area (Å²) in [5.41, 5.74) is 0. The molecule has 1 rings (SSSR count). The first-order chi connectivity index (χ1) is 7.36. The molecule has 1 saturated carbocycles. The number of sulfone groups is 1. The summed E-state index contributed by atoms with van der Waals surface area (Å²) < 4.78 is 23.1. The minimum atomic E-state index is -3.90. The minimum Gasteiger partial charge on any atom is -0.480 e. The van der Waals surface area contributed by atoms with Crippen molar-refractivity contribution >= 4 is 21.7 Å². The van der Waals surface area contributed by atoms with Crippen LogP contribution in [0, 0.1) is 0 Å². The van der Waals surface area contributed by atoms with Gasteiger partial charge in [0.1, 0.15) is 5.75 Å². The van der Waals surface area contributed by atoms with Gasteiger partial charge in [0.2, 0.25) is 5.91 Å². The van der Waals surface area contributed by atoms with E-state index in [1.165, 1.54) is 6.92 Å². The van der Waals surface area contributed by atoms with Gasteiger partial charge in [-0.05, 0) is 19.3 Å². The first-order valence-electron chi connectivity index (χ1n) is 5.10. The van der Waals surface area contributed by atoms with Crippen molar-refractivity contribution in [1.82, 2.24) is 5.32 Å². The SMILES string of the molecule is CCC(C(=O)O)S(=O)(=O)CC(=O)NC1CC1. The van der Waals surface area contributed by atoms with Crippen LogP contribution in [0.4, 0.5) is 0 Å². The summed E-state index contributed by atoms with van der Waals surface area (Å²) in [6, 6.07) is 0.0765. The van der Waals surface area contributed by atoms with Gasteiger partial charge in [0.15, 0.2) is 15.1 Å². The summed E-state index contributed by atoms with van der Waals surface area (Å²) in [4.78, 5) is 22.0. The Morgan fingerprint density at radius 3 is 2.38 bits per heavy atom. The molecule has 6 nitrogen and oxygen atoms in total. The average Bonchev–Trinajstić information content (AvgIpc) is 2.85. The second-order valence-corrected chi connectivity index (χ2v) is 6.07. The molecule has 1 unspecified atom stereocenters. The second kappa shape index (κ2) is 4.82. The second-order valence-electron chi connectivity index (χ2n) is 3.88. The van der Waals surface area contributed by atoms with Crippen molar-refractivity contribution in [2.45, 2.75) is 37.5 Å². The number of hydrogen-bond acceptors (Lipinski definition) is 4. The van der Waals surface area contributed by atoms with Crippen LogP contribution in [0.15, 0.2) is 0 Å². The molecule has 0 bridgehead atoms. The van der Waals surface area contributed by atoms with E-state index in [1.54, 1.807) is 0 Å². The molecule has 0 heterocycles. The molecule has 1 aliphatic rings. The molecule has 16 heavy (non-hydrogen) atoms. The van der Waals surface area contributed by atoms with Crippen LogP contribution < -0.4 is 5.32 Å². The predicted molar refractivity (Wildman–Crippen MR) is 56.7 cm³/mol. The number of carbonyl (C=O) groups excluding carboxylic acids is 1. The number of amides is 1. The van der Waals surface area contributed by atoms with E-state index in [1.807, 2.05) is 0 Å². The Labute approximate surface area is 93.9 Å². The zero-order valence-corrected chi connectivity index (χ0v) is 9.79. The smallest absolute Gasteiger partial charge is 0.321 e. The molecular weight excluding hydrogens is 234 g/mol. The molecule has 92 valence electrons. The lowest BCUT2D eigenvalue weighted by Gasteiger charge is -2.10. The van der Waals surface area contributed by atoms with Crippen LogP contribution in [0.5, 0.6) is 0 Å². The van der Waals surface area contributed by atoms with E-state index >= 15 is 0 Å². The first-order valence-corrected chi connectivity index (χ1v) is 6.82. The summed E-state index contributed by atoms with van der Waals surface area (Å²) in [5, 5.41) is 9.73. The van der Waals surface area contributed by atoms with Crippen LogP contribution in [0.25, 0.3) is 0 Å². The van der Waals surface area contributed by atoms with Gasteiger partial charge in [0.05, 0.1) is 0 Å². The normalized spacial score (nSPS) is 17.8. The summed E-state index contributed by atoms with van der Waals surface area (Å²) in [6.45, 7) is 1.47. The monoisotopic (exact) mass is 249 g/mol. The molecule has 1 fully saturated rings. The molecule has 0 aromatic heterocycles. The zero-order chi connectivity index (χ0) is 12.3. The maximum absolute atomic E-state index is 11.6. The van der Waals surface area contributed by atoms with E-state index in [0.717, 1.165) is 12.8 Å². The van der Waals surface area contributed by atoms with Crippen molar-refractivity contribution in [2.24, 2.45) is 0 Å². The van der Waals surface area contributed by atoms with E-state index in [9.17, 15) is 18.0 Å². The fourth-order valence-corrected chi connectivity index (χ4v) is 2.83. The molecule has 1 aliphatic carbocycles. The molecule has 0 aromatic rings. The number of aliphatic carboxylic acids is 1. The van der Waals surface area contributed by atoms with Crippen LogP contribution in [0.3, 0.4) is 0 Å². The Kier molecular flexibility index (Phi) is 3.90. The van der Waals surface area contributed by atoms with Gasteiger partial charge in [-0.15, -0.1) is 0 Å². The van der Waals surface area contributed by atoms with E-state index in [2.05, 4.69) is 5.32 Å². The highest BCUT2D eigenvalue weighted by Gasteiger charge is 2.34. The molecule has 1 amide bonds. The summed E-state index contributed by atoms with van der Waals surface area (Å²) in [6.07, 6.45) is 1.69. The Balaban J connectivity index is 2.61. The molecule has 0 aromatic carbocycles. The van der Waals surface area contributed by atoms with Crippen molar-refractivity contribution < 1.29 is 23.1 Å². The Hall–Kier alpha value is -1.11. The van der Waals surface area contributed by atoms with E-state index in [4.69, 9.17) is 5.11 Å². The van der Waals surface area contributed by atoms with Crippen LogP contribution >= 0.6 is 0 Å². The number of nitrogens with one attached hydrogen (secondary N) is 1. The Morgan fingerprint density at radius 2 is 2.00 bits per heavy atom. The molecule has 1 atom stereocenters. The third-order valence-electron chi connectivity index (χ3n) is 2.35. The summed E-state index contributed by atoms with van der Waals surface area (Å²) in [5.74, 6) is -2.75. The van der Waals surface area contributed by atoms with Crippen LogP contribution in [-0.4, -0.2) is 42.4 Å². The van der Waals surface area contributed by atoms with E-state index in [-0.39, 0.29) is 12.5 Å². The zero-order valence-electron chi connectivity index (χ0n) is 8.97. The van der Waals surface area contributed by atoms with Crippen molar-refractivity contribution in [3.63, 3.8) is 0 Å². The third kappa shape index (κ3) is 3.48. The summed E-state index contributed by atoms with van der Waals surface area (Å²) in [7, 11) is -3.90. The molecular formula is C9H15NO5S. The van der Waals surface area contributed by atoms with Gasteiger partial charge < -0.3 is 10.4 Å². The van der Waals surface area contributed by atoms with Crippen LogP contribution in [0.1, 0.15) is 26.2 Å². The molecule has 0 radical (unpaired) electrons. The van der Waals surface area contributed by atoms with E-state index in [0.29, 0.717) is 0 Å². The molecule has 0 spiro atoms. The quantitative estimate of drug-likeness (QED) is 0.663. The first kappa shape index (κ1) is 13.0. The maximum atomic E-state index is 11.6. The van der Waals surface area contributed by atoms with Crippen molar-refractivity contribution in [2.75, 3.05) is 5.75 Å². The van der Waals surface area contributed by atoms with Crippen molar-refractivity contribution in [3.05, 3.63) is 0 Å². The van der Waals surface area contributed by atoms with Gasteiger partial charge in [0.25, 0.3) is 0 Å². The third-order valence-corrected chi connectivity index (χ3v) is 4.42. The number of hydrogen-bond donors (Lipinski definition) is 2. The number of carboxylic acid groups (broad SMARTS) is 1. The summed E-state index contributed by atoms with van der Waals surface area (Å²) >= 11 is 0. The molecule has 2 N–H and O–H groups in total. The highest BCUT2D eigenvalue weighted by Crippen LogP contribution is 2.18. The fourth-order valence-electron chi connectivity index (χ4n) is 1.36. The van der Waals surface area contributed by atoms with Gasteiger partial charge in [-0.1, -0.05) is 6.92 Å². The molecule has 0 aliphatic heterocycles. The van der Waals surface area contributed by atoms with Crippen molar-refractivity contribution in [3.8, 4) is 0 Å². The number of carboxylic acids is 1. The number of carbonyl (C=O) groups is 2. The predicted octanol–water partition coefficient (Wildman–Crippen LogP) is -0.457. The highest BCUT2D eigenvalue weighted by atomic mass is 32.2. The van der Waals surface area contributed by atoms with Gasteiger partial charge in [0, 0.05) is 6.04 Å². The average molecular weight is 249 g/mol. The maximum Gasteiger partial charge on any atom is 0.321 e. The van der Waals surface area contributed by atoms with Crippen LogP contribution in [0.2, 0.25) is 0 Å². The Morgan fingerprint density at radius 1 is 1.44 bits per heavy atom. The van der Waals surface area contributed by atoms with Crippen molar-refractivity contribution in [1.29, 1.82) is 0 Å². The lowest BCUT2D eigenvalue weighted by atomic mass is 10.3. The molecule has 0 saturated heterocycles. The number of rotatable bonds is 6. The molecule has 7 heteroatoms. The van der Waals surface area contributed by atoms with Gasteiger partial charge in [-0.3, -0.25) is 9.59 Å². The van der Waals surface area contributed by atoms with Gasteiger partial charge in [-0.2, -0.15) is 0 Å². The fraction of sp³-hybridized carbons (Fsp3) is 0.778. The van der Waals surface area contributed by atoms with E-state index < -0.39 is 32.7 Å². The standard InChI is InChI=1S/C9H15NO5S/c1-2-7(9(12)13)16(14,15)5-8(11)10-6-3-4-6/h6-7H,2-5H2,1H3,(H,10,11)(H,12,13). The van der Waals surface area contributed by atoms with Gasteiger partial charge in [-0.25, -0.2) is 8.42 Å². The highest BCUT2D eigenvalue weighted by molar-refractivity contribution is 7.93. The largest absolute Gasteiger partial charge is 0.480 e. The topological polar surface area (TPSA) is 101 Å². The lowest BCUT2D eigenvalue weighted by Crippen LogP contribution is -2.38. The Bertz CT molecular complexity index is 385. The van der Waals surface area contributed by atoms with Gasteiger partial charge >= 0.3 is 5.97 Å². The minimum absolute atomic E-state index is 0.0334. The lowest BCUT2D eigenvalue weighted by molar-refractivity contribution is -0.136. The van der Waals surface area contributed by atoms with Crippen LogP contribution in [-0.2, 0) is 19.4 Å².